The van der Waals surface area contributed by atoms with Gasteiger partial charge in [-0.1, -0.05) is 17.7 Å². The van der Waals surface area contributed by atoms with Crippen LogP contribution in [0.5, 0.6) is 0 Å². The van der Waals surface area contributed by atoms with Gasteiger partial charge >= 0.3 is 0 Å². The fraction of sp³-hybridized carbons (Fsp3) is 0.100. The predicted octanol–water partition coefficient (Wildman–Crippen LogP) is 3.61. The Balaban J connectivity index is 2.74. The number of nitrogens with zero attached hydrogens (tertiary/aromatic N) is 1. The summed E-state index contributed by atoms with van der Waals surface area (Å²) in [5.74, 6) is 0. The molecule has 0 fully saturated rings. The molecule has 0 aliphatic carbocycles. The summed E-state index contributed by atoms with van der Waals surface area (Å²) in [4.78, 5) is 5.25. The normalized spacial score (nSPS) is 10.6. The summed E-state index contributed by atoms with van der Waals surface area (Å²) in [7, 11) is 0. The molecule has 2 rings (SSSR count). The lowest BCUT2D eigenvalue weighted by Gasteiger charge is -2.01. The van der Waals surface area contributed by atoms with E-state index in [0.29, 0.717) is 5.15 Å². The Morgan fingerprint density at radius 2 is 2.15 bits per heavy atom. The summed E-state index contributed by atoms with van der Waals surface area (Å²) in [5, 5.41) is 2.74. The van der Waals surface area contributed by atoms with E-state index >= 15 is 0 Å². The van der Waals surface area contributed by atoms with Gasteiger partial charge in [-0.05, 0) is 29.8 Å². The summed E-state index contributed by atoms with van der Waals surface area (Å²) in [5.41, 5.74) is 0. The van der Waals surface area contributed by atoms with Crippen LogP contribution in [0.4, 0.5) is 0 Å². The molecule has 0 N–H and O–H groups in total. The van der Waals surface area contributed by atoms with Gasteiger partial charge < -0.3 is 0 Å². The van der Waals surface area contributed by atoms with Crippen LogP contribution < -0.4 is 0 Å². The lowest BCUT2D eigenvalue weighted by molar-refractivity contribution is 1.35. The van der Waals surface area contributed by atoms with Gasteiger partial charge in [-0.25, -0.2) is 4.98 Å². The van der Waals surface area contributed by atoms with Crippen LogP contribution in [-0.4, -0.2) is 11.2 Å². The Labute approximate surface area is 86.1 Å². The number of halogens is 1. The lowest BCUT2D eigenvalue weighted by Crippen LogP contribution is -1.79. The largest absolute Gasteiger partial charge is 0.244 e. The molecular formula is C10H8ClNS. The number of rotatable bonds is 1. The monoisotopic (exact) mass is 209 g/mol. The van der Waals surface area contributed by atoms with Gasteiger partial charge in [0.2, 0.25) is 0 Å². The number of hydrogen-bond donors (Lipinski definition) is 0. The van der Waals surface area contributed by atoms with Crippen LogP contribution >= 0.6 is 23.4 Å². The Morgan fingerprint density at radius 3 is 2.92 bits per heavy atom. The number of aromatic nitrogens is 1. The number of benzene rings is 1. The van der Waals surface area contributed by atoms with Crippen molar-refractivity contribution in [3.8, 4) is 0 Å². The van der Waals surface area contributed by atoms with E-state index in [1.807, 2.05) is 12.3 Å². The van der Waals surface area contributed by atoms with Crippen LogP contribution in [0.25, 0.3) is 10.8 Å². The highest BCUT2D eigenvalue weighted by Gasteiger charge is 1.99. The molecule has 0 amide bonds. The van der Waals surface area contributed by atoms with Crippen molar-refractivity contribution in [2.24, 2.45) is 0 Å². The standard InChI is InChI=1S/C10H8ClNS/c1-13-8-3-2-7-4-5-12-10(11)9(7)6-8/h2-6H,1H3. The fourth-order valence-electron chi connectivity index (χ4n) is 1.24. The molecule has 0 spiro atoms. The molecule has 0 bridgehead atoms. The molecule has 66 valence electrons. The first-order valence-electron chi connectivity index (χ1n) is 3.89. The van der Waals surface area contributed by atoms with Crippen molar-refractivity contribution in [1.29, 1.82) is 0 Å². The van der Waals surface area contributed by atoms with Crippen LogP contribution in [0.1, 0.15) is 0 Å². The van der Waals surface area contributed by atoms with Crippen LogP contribution in [0.3, 0.4) is 0 Å². The molecule has 0 aliphatic rings. The highest BCUT2D eigenvalue weighted by atomic mass is 35.5. The summed E-state index contributed by atoms with van der Waals surface area (Å²) in [6.45, 7) is 0. The minimum Gasteiger partial charge on any atom is -0.244 e. The van der Waals surface area contributed by atoms with E-state index in [1.165, 1.54) is 4.90 Å². The van der Waals surface area contributed by atoms with Gasteiger partial charge in [0, 0.05) is 16.5 Å². The fourth-order valence-corrected chi connectivity index (χ4v) is 1.90. The zero-order valence-corrected chi connectivity index (χ0v) is 8.69. The Hall–Kier alpha value is -0.730. The Bertz CT molecular complexity index is 442. The first kappa shape index (κ1) is 8.85. The van der Waals surface area contributed by atoms with Gasteiger partial charge in [-0.3, -0.25) is 0 Å². The molecule has 1 aromatic carbocycles. The highest BCUT2D eigenvalue weighted by molar-refractivity contribution is 7.98. The van der Waals surface area contributed by atoms with Crippen LogP contribution in [0, 0.1) is 0 Å². The van der Waals surface area contributed by atoms with E-state index in [1.54, 1.807) is 18.0 Å². The smallest absolute Gasteiger partial charge is 0.136 e. The summed E-state index contributed by atoms with van der Waals surface area (Å²) >= 11 is 7.67. The summed E-state index contributed by atoms with van der Waals surface area (Å²) in [6, 6.07) is 8.18. The number of hydrogen-bond acceptors (Lipinski definition) is 2. The van der Waals surface area contributed by atoms with Crippen molar-refractivity contribution in [3.05, 3.63) is 35.6 Å². The lowest BCUT2D eigenvalue weighted by atomic mass is 10.2. The second-order valence-electron chi connectivity index (χ2n) is 2.69. The second-order valence-corrected chi connectivity index (χ2v) is 3.93. The molecule has 0 saturated carbocycles. The van der Waals surface area contributed by atoms with Crippen LogP contribution in [-0.2, 0) is 0 Å². The molecule has 1 nitrogen and oxygen atoms in total. The molecule has 13 heavy (non-hydrogen) atoms. The molecule has 2 aromatic rings. The highest BCUT2D eigenvalue weighted by Crippen LogP contribution is 2.25. The molecule has 0 aliphatic heterocycles. The van der Waals surface area contributed by atoms with Crippen LogP contribution in [0.2, 0.25) is 5.15 Å². The number of pyridine rings is 1. The van der Waals surface area contributed by atoms with Crippen molar-refractivity contribution in [2.45, 2.75) is 4.90 Å². The molecule has 1 heterocycles. The zero-order chi connectivity index (χ0) is 9.26. The molecule has 1 aromatic heterocycles. The average Bonchev–Trinajstić information content (AvgIpc) is 2.18. The van der Waals surface area contributed by atoms with Gasteiger partial charge in [0.05, 0.1) is 0 Å². The maximum Gasteiger partial charge on any atom is 0.136 e. The first-order valence-corrected chi connectivity index (χ1v) is 5.50. The van der Waals surface area contributed by atoms with Gasteiger partial charge in [-0.2, -0.15) is 0 Å². The van der Waals surface area contributed by atoms with E-state index in [2.05, 4.69) is 23.2 Å². The van der Waals surface area contributed by atoms with Crippen molar-refractivity contribution in [1.82, 2.24) is 4.98 Å². The Kier molecular flexibility index (Phi) is 2.42. The van der Waals surface area contributed by atoms with E-state index in [9.17, 15) is 0 Å². The first-order chi connectivity index (χ1) is 6.31. The maximum atomic E-state index is 5.97. The van der Waals surface area contributed by atoms with Crippen molar-refractivity contribution in [2.75, 3.05) is 6.26 Å². The average molecular weight is 210 g/mol. The predicted molar refractivity (Wildman–Crippen MR) is 58.5 cm³/mol. The topological polar surface area (TPSA) is 12.9 Å². The van der Waals surface area contributed by atoms with Gasteiger partial charge in [0.15, 0.2) is 0 Å². The molecule has 0 radical (unpaired) electrons. The zero-order valence-electron chi connectivity index (χ0n) is 7.12. The van der Waals surface area contributed by atoms with E-state index in [-0.39, 0.29) is 0 Å². The number of fused-ring (bicyclic) bond motifs is 1. The van der Waals surface area contributed by atoms with E-state index in [4.69, 9.17) is 11.6 Å². The van der Waals surface area contributed by atoms with Gasteiger partial charge in [0.1, 0.15) is 5.15 Å². The van der Waals surface area contributed by atoms with Crippen molar-refractivity contribution in [3.63, 3.8) is 0 Å². The van der Waals surface area contributed by atoms with E-state index < -0.39 is 0 Å². The molecule has 3 heteroatoms. The third-order valence-corrected chi connectivity index (χ3v) is 2.95. The summed E-state index contributed by atoms with van der Waals surface area (Å²) < 4.78 is 0. The third-order valence-electron chi connectivity index (χ3n) is 1.92. The minimum absolute atomic E-state index is 0.577. The minimum atomic E-state index is 0.577. The molecule has 0 saturated heterocycles. The van der Waals surface area contributed by atoms with Crippen LogP contribution in [0.15, 0.2) is 35.4 Å². The molecule has 0 unspecified atom stereocenters. The summed E-state index contributed by atoms with van der Waals surface area (Å²) in [6.07, 6.45) is 3.77. The third kappa shape index (κ3) is 1.64. The van der Waals surface area contributed by atoms with Crippen molar-refractivity contribution < 1.29 is 0 Å². The van der Waals surface area contributed by atoms with Gasteiger partial charge in [0.25, 0.3) is 0 Å². The number of thioether (sulfide) groups is 1. The Morgan fingerprint density at radius 1 is 1.31 bits per heavy atom. The van der Waals surface area contributed by atoms with Gasteiger partial charge in [-0.15, -0.1) is 11.8 Å². The van der Waals surface area contributed by atoms with Crippen molar-refractivity contribution >= 4 is 34.1 Å². The van der Waals surface area contributed by atoms with E-state index in [0.717, 1.165) is 10.8 Å². The SMILES string of the molecule is CSc1ccc2ccnc(Cl)c2c1. The quantitative estimate of drug-likeness (QED) is 0.526. The maximum absolute atomic E-state index is 5.97. The second kappa shape index (κ2) is 3.56. The molecule has 0 atom stereocenters. The molecular weight excluding hydrogens is 202 g/mol.